The van der Waals surface area contributed by atoms with Crippen LogP contribution in [0, 0.1) is 0 Å². The maximum Gasteiger partial charge on any atom is 0.253 e. The van der Waals surface area contributed by atoms with Crippen molar-refractivity contribution in [2.24, 2.45) is 0 Å². The first-order valence-corrected chi connectivity index (χ1v) is 12.3. The van der Waals surface area contributed by atoms with E-state index in [4.69, 9.17) is 0 Å². The zero-order valence-electron chi connectivity index (χ0n) is 18.4. The van der Waals surface area contributed by atoms with E-state index >= 15 is 0 Å². The topological polar surface area (TPSA) is 40.6 Å². The third-order valence-electron chi connectivity index (χ3n) is 6.02. The van der Waals surface area contributed by atoms with Crippen molar-refractivity contribution >= 4 is 27.7 Å². The lowest BCUT2D eigenvalue weighted by Crippen LogP contribution is -2.49. The highest BCUT2D eigenvalue weighted by Gasteiger charge is 2.29. The van der Waals surface area contributed by atoms with Crippen LogP contribution in [0.1, 0.15) is 61.4 Å². The van der Waals surface area contributed by atoms with Crippen LogP contribution in [-0.4, -0.2) is 47.3 Å². The first kappa shape index (κ1) is 23.5. The molecule has 166 valence electrons. The SMILES string of the molecule is CCCN(C(=O)CCCCc1ccc(Br)cc1)C1CCN(C(=O)c2ccccc2)CC1. The molecule has 1 aliphatic heterocycles. The Morgan fingerprint density at radius 3 is 2.32 bits per heavy atom. The summed E-state index contributed by atoms with van der Waals surface area (Å²) in [5.74, 6) is 0.367. The highest BCUT2D eigenvalue weighted by molar-refractivity contribution is 9.10. The Morgan fingerprint density at radius 1 is 1.00 bits per heavy atom. The van der Waals surface area contributed by atoms with E-state index in [2.05, 4.69) is 52.0 Å². The van der Waals surface area contributed by atoms with Crippen molar-refractivity contribution < 1.29 is 9.59 Å². The number of aryl methyl sites for hydroxylation is 1. The van der Waals surface area contributed by atoms with Gasteiger partial charge in [0.25, 0.3) is 5.91 Å². The minimum atomic E-state index is 0.0976. The number of amides is 2. The number of nitrogens with zero attached hydrogens (tertiary/aromatic N) is 2. The molecule has 1 fully saturated rings. The Balaban J connectivity index is 1.45. The third kappa shape index (κ3) is 6.93. The van der Waals surface area contributed by atoms with Gasteiger partial charge in [-0.2, -0.15) is 0 Å². The Hall–Kier alpha value is -2.14. The minimum Gasteiger partial charge on any atom is -0.340 e. The van der Waals surface area contributed by atoms with E-state index in [-0.39, 0.29) is 17.9 Å². The highest BCUT2D eigenvalue weighted by Crippen LogP contribution is 2.21. The quantitative estimate of drug-likeness (QED) is 0.427. The predicted molar refractivity (Wildman–Crippen MR) is 129 cm³/mol. The van der Waals surface area contributed by atoms with Gasteiger partial charge in [0.05, 0.1) is 0 Å². The van der Waals surface area contributed by atoms with Crippen LogP contribution in [0.5, 0.6) is 0 Å². The lowest BCUT2D eigenvalue weighted by atomic mass is 10.0. The number of hydrogen-bond donors (Lipinski definition) is 0. The summed E-state index contributed by atoms with van der Waals surface area (Å²) in [5.41, 5.74) is 2.06. The summed E-state index contributed by atoms with van der Waals surface area (Å²) in [6.45, 7) is 4.37. The maximum atomic E-state index is 13.0. The standard InChI is InChI=1S/C26H33BrN2O2/c1-2-18-29(25(30)11-7-6-8-21-12-14-23(27)15-13-21)24-16-19-28(20-17-24)26(31)22-9-4-3-5-10-22/h3-5,9-10,12-15,24H,2,6-8,11,16-20H2,1H3. The second kappa shape index (κ2) is 12.0. The molecule has 1 aliphatic rings. The smallest absolute Gasteiger partial charge is 0.253 e. The Morgan fingerprint density at radius 2 is 1.68 bits per heavy atom. The van der Waals surface area contributed by atoms with Crippen LogP contribution < -0.4 is 0 Å². The van der Waals surface area contributed by atoms with Gasteiger partial charge in [0.2, 0.25) is 5.91 Å². The van der Waals surface area contributed by atoms with Gasteiger partial charge in [0.1, 0.15) is 0 Å². The van der Waals surface area contributed by atoms with Crippen LogP contribution in [0.2, 0.25) is 0 Å². The van der Waals surface area contributed by atoms with Crippen LogP contribution >= 0.6 is 15.9 Å². The monoisotopic (exact) mass is 484 g/mol. The lowest BCUT2D eigenvalue weighted by Gasteiger charge is -2.38. The van der Waals surface area contributed by atoms with E-state index in [1.165, 1.54) is 5.56 Å². The second-order valence-corrected chi connectivity index (χ2v) is 9.23. The van der Waals surface area contributed by atoms with E-state index in [9.17, 15) is 9.59 Å². The summed E-state index contributed by atoms with van der Waals surface area (Å²) in [4.78, 5) is 29.7. The van der Waals surface area contributed by atoms with Gasteiger partial charge in [0, 0.05) is 42.1 Å². The second-order valence-electron chi connectivity index (χ2n) is 8.31. The predicted octanol–water partition coefficient (Wildman–Crippen LogP) is 5.71. The summed E-state index contributed by atoms with van der Waals surface area (Å²) in [5, 5.41) is 0. The zero-order chi connectivity index (χ0) is 22.1. The average Bonchev–Trinajstić information content (AvgIpc) is 2.81. The number of rotatable bonds is 9. The van der Waals surface area contributed by atoms with Crippen molar-refractivity contribution in [1.29, 1.82) is 0 Å². The number of piperidine rings is 1. The molecule has 2 amide bonds. The van der Waals surface area contributed by atoms with E-state index < -0.39 is 0 Å². The molecule has 1 saturated heterocycles. The molecule has 1 heterocycles. The van der Waals surface area contributed by atoms with Crippen molar-refractivity contribution in [3.63, 3.8) is 0 Å². The molecule has 5 heteroatoms. The molecule has 2 aromatic carbocycles. The lowest BCUT2D eigenvalue weighted by molar-refractivity contribution is -0.134. The number of benzene rings is 2. The molecule has 0 aromatic heterocycles. The van der Waals surface area contributed by atoms with Crippen LogP contribution in [-0.2, 0) is 11.2 Å². The van der Waals surface area contributed by atoms with Crippen LogP contribution in [0.4, 0.5) is 0 Å². The minimum absolute atomic E-state index is 0.0976. The zero-order valence-corrected chi connectivity index (χ0v) is 20.0. The molecule has 4 nitrogen and oxygen atoms in total. The number of likely N-dealkylation sites (tertiary alicyclic amines) is 1. The van der Waals surface area contributed by atoms with Crippen molar-refractivity contribution in [3.8, 4) is 0 Å². The fourth-order valence-electron chi connectivity index (χ4n) is 4.30. The Labute approximate surface area is 194 Å². The van der Waals surface area contributed by atoms with Crippen LogP contribution in [0.3, 0.4) is 0 Å². The first-order valence-electron chi connectivity index (χ1n) is 11.5. The first-order chi connectivity index (χ1) is 15.1. The van der Waals surface area contributed by atoms with Crippen molar-refractivity contribution in [2.75, 3.05) is 19.6 Å². The molecule has 0 radical (unpaired) electrons. The summed E-state index contributed by atoms with van der Waals surface area (Å²) >= 11 is 3.47. The highest BCUT2D eigenvalue weighted by atomic mass is 79.9. The molecular weight excluding hydrogens is 452 g/mol. The molecule has 0 spiro atoms. The van der Waals surface area contributed by atoms with Crippen molar-refractivity contribution in [2.45, 2.75) is 57.9 Å². The number of unbranched alkanes of at least 4 members (excludes halogenated alkanes) is 1. The Kier molecular flexibility index (Phi) is 9.13. The molecule has 0 aliphatic carbocycles. The number of carbonyl (C=O) groups excluding carboxylic acids is 2. The summed E-state index contributed by atoms with van der Waals surface area (Å²) in [7, 11) is 0. The fraction of sp³-hybridized carbons (Fsp3) is 0.462. The summed E-state index contributed by atoms with van der Waals surface area (Å²) < 4.78 is 1.10. The molecule has 2 aromatic rings. The van der Waals surface area contributed by atoms with E-state index in [1.807, 2.05) is 35.2 Å². The van der Waals surface area contributed by atoms with Crippen molar-refractivity contribution in [1.82, 2.24) is 9.80 Å². The average molecular weight is 485 g/mol. The molecule has 0 bridgehead atoms. The van der Waals surface area contributed by atoms with Gasteiger partial charge >= 0.3 is 0 Å². The Bertz CT molecular complexity index is 830. The van der Waals surface area contributed by atoms with Gasteiger partial charge in [-0.1, -0.05) is 53.2 Å². The molecule has 0 unspecified atom stereocenters. The number of halogens is 1. The summed E-state index contributed by atoms with van der Waals surface area (Å²) in [6.07, 6.45) is 6.26. The van der Waals surface area contributed by atoms with E-state index in [1.54, 1.807) is 0 Å². The van der Waals surface area contributed by atoms with Gasteiger partial charge in [-0.05, 0) is 68.4 Å². The van der Waals surface area contributed by atoms with Gasteiger partial charge in [-0.3, -0.25) is 9.59 Å². The largest absolute Gasteiger partial charge is 0.340 e. The van der Waals surface area contributed by atoms with E-state index in [0.717, 1.165) is 68.2 Å². The summed E-state index contributed by atoms with van der Waals surface area (Å²) in [6, 6.07) is 18.1. The molecule has 31 heavy (non-hydrogen) atoms. The van der Waals surface area contributed by atoms with Gasteiger partial charge in [-0.25, -0.2) is 0 Å². The van der Waals surface area contributed by atoms with Gasteiger partial charge in [0.15, 0.2) is 0 Å². The number of carbonyl (C=O) groups is 2. The molecular formula is C26H33BrN2O2. The third-order valence-corrected chi connectivity index (χ3v) is 6.55. The van der Waals surface area contributed by atoms with Crippen LogP contribution in [0.15, 0.2) is 59.1 Å². The number of hydrogen-bond acceptors (Lipinski definition) is 2. The maximum absolute atomic E-state index is 13.0. The fourth-order valence-corrected chi connectivity index (χ4v) is 4.56. The van der Waals surface area contributed by atoms with E-state index in [0.29, 0.717) is 6.42 Å². The van der Waals surface area contributed by atoms with Gasteiger partial charge in [-0.15, -0.1) is 0 Å². The van der Waals surface area contributed by atoms with Gasteiger partial charge < -0.3 is 9.80 Å². The normalized spacial score (nSPS) is 14.5. The molecule has 3 rings (SSSR count). The van der Waals surface area contributed by atoms with Crippen molar-refractivity contribution in [3.05, 3.63) is 70.2 Å². The van der Waals surface area contributed by atoms with Crippen LogP contribution in [0.25, 0.3) is 0 Å². The molecule has 0 atom stereocenters. The molecule has 0 saturated carbocycles. The molecule has 0 N–H and O–H groups in total.